The van der Waals surface area contributed by atoms with Crippen molar-refractivity contribution in [3.8, 4) is 5.75 Å². The molecule has 2 amide bonds. The number of amides is 2. The average molecular weight is 356 g/mol. The van der Waals surface area contributed by atoms with Crippen molar-refractivity contribution >= 4 is 11.8 Å². The lowest BCUT2D eigenvalue weighted by molar-refractivity contribution is 0.0667. The number of likely N-dealkylation sites (tertiary alicyclic amines) is 1. The van der Waals surface area contributed by atoms with Crippen LogP contribution in [-0.2, 0) is 0 Å². The lowest BCUT2D eigenvalue weighted by atomic mass is 10.0. The number of rotatable bonds is 5. The summed E-state index contributed by atoms with van der Waals surface area (Å²) >= 11 is 0. The molecule has 0 unspecified atom stereocenters. The molecule has 0 saturated carbocycles. The summed E-state index contributed by atoms with van der Waals surface area (Å²) in [4.78, 5) is 26.4. The van der Waals surface area contributed by atoms with Crippen LogP contribution in [-0.4, -0.2) is 41.9 Å². The van der Waals surface area contributed by atoms with E-state index in [2.05, 4.69) is 5.32 Å². The molecule has 1 aromatic heterocycles. The summed E-state index contributed by atoms with van der Waals surface area (Å²) in [5.74, 6) is 0.912. The number of furan rings is 1. The van der Waals surface area contributed by atoms with E-state index < -0.39 is 0 Å². The Morgan fingerprint density at radius 1 is 1.15 bits per heavy atom. The van der Waals surface area contributed by atoms with Gasteiger partial charge in [-0.05, 0) is 63.1 Å². The van der Waals surface area contributed by atoms with Gasteiger partial charge in [0.05, 0.1) is 12.4 Å². The molecule has 0 aliphatic carbocycles. The maximum Gasteiger partial charge on any atom is 0.289 e. The minimum atomic E-state index is -0.100. The van der Waals surface area contributed by atoms with Gasteiger partial charge in [-0.25, -0.2) is 0 Å². The fourth-order valence-electron chi connectivity index (χ4n) is 3.01. The van der Waals surface area contributed by atoms with Crippen LogP contribution in [0.5, 0.6) is 5.75 Å². The van der Waals surface area contributed by atoms with Crippen molar-refractivity contribution in [1.29, 1.82) is 0 Å². The first-order valence-electron chi connectivity index (χ1n) is 8.93. The number of nitrogens with zero attached hydrogens (tertiary/aromatic N) is 1. The van der Waals surface area contributed by atoms with E-state index >= 15 is 0 Å². The summed E-state index contributed by atoms with van der Waals surface area (Å²) < 4.78 is 10.7. The Morgan fingerprint density at radius 3 is 2.42 bits per heavy atom. The topological polar surface area (TPSA) is 71.8 Å². The zero-order valence-electron chi connectivity index (χ0n) is 15.1. The van der Waals surface area contributed by atoms with E-state index in [1.54, 1.807) is 41.3 Å². The van der Waals surface area contributed by atoms with Crippen molar-refractivity contribution in [1.82, 2.24) is 10.2 Å². The standard InChI is InChI=1S/C20H24N2O4/c1-14(2)26-17-7-5-15(6-8-17)19(23)21-16-9-11-22(12-10-16)20(24)18-4-3-13-25-18/h3-8,13-14,16H,9-12H2,1-2H3,(H,21,23). The molecule has 1 N–H and O–H groups in total. The number of ether oxygens (including phenoxy) is 1. The van der Waals surface area contributed by atoms with Crippen LogP contribution in [0.25, 0.3) is 0 Å². The normalized spacial score (nSPS) is 15.1. The number of hydrogen-bond donors (Lipinski definition) is 1. The quantitative estimate of drug-likeness (QED) is 0.893. The van der Waals surface area contributed by atoms with E-state index in [-0.39, 0.29) is 24.0 Å². The SMILES string of the molecule is CC(C)Oc1ccc(C(=O)NC2CCN(C(=O)c3ccco3)CC2)cc1. The zero-order valence-corrected chi connectivity index (χ0v) is 15.1. The predicted octanol–water partition coefficient (Wildman–Crippen LogP) is 3.10. The van der Waals surface area contributed by atoms with E-state index in [4.69, 9.17) is 9.15 Å². The van der Waals surface area contributed by atoms with Gasteiger partial charge in [-0.15, -0.1) is 0 Å². The Balaban J connectivity index is 1.49. The number of benzene rings is 1. The second kappa shape index (κ2) is 8.08. The van der Waals surface area contributed by atoms with Gasteiger partial charge in [0.2, 0.25) is 0 Å². The summed E-state index contributed by atoms with van der Waals surface area (Å²) in [5, 5.41) is 3.05. The number of nitrogens with one attached hydrogen (secondary N) is 1. The Morgan fingerprint density at radius 2 is 1.85 bits per heavy atom. The van der Waals surface area contributed by atoms with Gasteiger partial charge in [0.25, 0.3) is 11.8 Å². The van der Waals surface area contributed by atoms with Crippen LogP contribution in [0.15, 0.2) is 47.1 Å². The van der Waals surface area contributed by atoms with Crippen molar-refractivity contribution in [2.45, 2.75) is 38.8 Å². The summed E-state index contributed by atoms with van der Waals surface area (Å²) in [6.45, 7) is 5.13. The molecule has 0 spiro atoms. The first-order valence-corrected chi connectivity index (χ1v) is 8.93. The minimum Gasteiger partial charge on any atom is -0.491 e. The fraction of sp³-hybridized carbons (Fsp3) is 0.400. The van der Waals surface area contributed by atoms with Gasteiger partial charge in [-0.1, -0.05) is 0 Å². The maximum atomic E-state index is 12.4. The smallest absolute Gasteiger partial charge is 0.289 e. The molecule has 1 aromatic carbocycles. The van der Waals surface area contributed by atoms with Crippen LogP contribution >= 0.6 is 0 Å². The number of hydrogen-bond acceptors (Lipinski definition) is 4. The van der Waals surface area contributed by atoms with E-state index in [1.165, 1.54) is 6.26 Å². The van der Waals surface area contributed by atoms with Crippen molar-refractivity contribution in [2.75, 3.05) is 13.1 Å². The molecule has 6 heteroatoms. The van der Waals surface area contributed by atoms with Gasteiger partial charge >= 0.3 is 0 Å². The second-order valence-corrected chi connectivity index (χ2v) is 6.71. The number of piperidine rings is 1. The minimum absolute atomic E-state index is 0.0646. The zero-order chi connectivity index (χ0) is 18.5. The van der Waals surface area contributed by atoms with Crippen LogP contribution in [0.4, 0.5) is 0 Å². The molecule has 0 bridgehead atoms. The van der Waals surface area contributed by atoms with Crippen molar-refractivity contribution in [3.05, 3.63) is 54.0 Å². The molecule has 1 saturated heterocycles. The Bertz CT molecular complexity index is 730. The molecule has 0 radical (unpaired) electrons. The average Bonchev–Trinajstić information content (AvgIpc) is 3.16. The Kier molecular flexibility index (Phi) is 5.61. The Hall–Kier alpha value is -2.76. The third kappa shape index (κ3) is 4.45. The van der Waals surface area contributed by atoms with E-state index in [9.17, 15) is 9.59 Å². The highest BCUT2D eigenvalue weighted by atomic mass is 16.5. The van der Waals surface area contributed by atoms with Crippen LogP contribution in [0, 0.1) is 0 Å². The largest absolute Gasteiger partial charge is 0.491 e. The van der Waals surface area contributed by atoms with Gasteiger partial charge in [0.15, 0.2) is 5.76 Å². The van der Waals surface area contributed by atoms with Crippen LogP contribution in [0.2, 0.25) is 0 Å². The first-order chi connectivity index (χ1) is 12.5. The van der Waals surface area contributed by atoms with E-state index in [1.807, 2.05) is 13.8 Å². The molecule has 0 atom stereocenters. The van der Waals surface area contributed by atoms with Gasteiger partial charge in [0.1, 0.15) is 5.75 Å². The lowest BCUT2D eigenvalue weighted by Gasteiger charge is -2.31. The van der Waals surface area contributed by atoms with Crippen molar-refractivity contribution in [3.63, 3.8) is 0 Å². The van der Waals surface area contributed by atoms with Gasteiger partial charge in [-0.3, -0.25) is 9.59 Å². The molecule has 26 heavy (non-hydrogen) atoms. The van der Waals surface area contributed by atoms with Crippen LogP contribution in [0.3, 0.4) is 0 Å². The lowest BCUT2D eigenvalue weighted by Crippen LogP contribution is -2.46. The second-order valence-electron chi connectivity index (χ2n) is 6.71. The highest BCUT2D eigenvalue weighted by Gasteiger charge is 2.26. The highest BCUT2D eigenvalue weighted by molar-refractivity contribution is 5.94. The molecule has 1 fully saturated rings. The predicted molar refractivity (Wildman–Crippen MR) is 97.3 cm³/mol. The van der Waals surface area contributed by atoms with E-state index in [0.717, 1.165) is 18.6 Å². The summed E-state index contributed by atoms with van der Waals surface area (Å²) in [6, 6.07) is 10.6. The van der Waals surface area contributed by atoms with Gasteiger partial charge in [0, 0.05) is 24.7 Å². The van der Waals surface area contributed by atoms with Crippen molar-refractivity contribution in [2.24, 2.45) is 0 Å². The number of carbonyl (C=O) groups excluding carboxylic acids is 2. The van der Waals surface area contributed by atoms with Gasteiger partial charge in [-0.2, -0.15) is 0 Å². The van der Waals surface area contributed by atoms with Gasteiger partial charge < -0.3 is 19.4 Å². The first kappa shape index (κ1) is 18.0. The summed E-state index contributed by atoms with van der Waals surface area (Å²) in [5.41, 5.74) is 0.607. The maximum absolute atomic E-state index is 12.4. The molecule has 138 valence electrons. The fourth-order valence-corrected chi connectivity index (χ4v) is 3.01. The molecular formula is C20H24N2O4. The molecule has 2 aromatic rings. The molecular weight excluding hydrogens is 332 g/mol. The Labute approximate surface area is 153 Å². The highest BCUT2D eigenvalue weighted by Crippen LogP contribution is 2.17. The van der Waals surface area contributed by atoms with Crippen molar-refractivity contribution < 1.29 is 18.7 Å². The summed E-state index contributed by atoms with van der Waals surface area (Å²) in [7, 11) is 0. The molecule has 6 nitrogen and oxygen atoms in total. The monoisotopic (exact) mass is 356 g/mol. The van der Waals surface area contributed by atoms with Crippen LogP contribution in [0.1, 0.15) is 47.6 Å². The third-order valence-electron chi connectivity index (χ3n) is 4.34. The number of carbonyl (C=O) groups is 2. The third-order valence-corrected chi connectivity index (χ3v) is 4.34. The van der Waals surface area contributed by atoms with E-state index in [0.29, 0.717) is 24.4 Å². The molecule has 3 rings (SSSR count). The summed E-state index contributed by atoms with van der Waals surface area (Å²) in [6.07, 6.45) is 3.06. The molecule has 2 heterocycles. The van der Waals surface area contributed by atoms with Crippen LogP contribution < -0.4 is 10.1 Å². The molecule has 1 aliphatic rings. The molecule has 1 aliphatic heterocycles.